The molecule has 0 unspecified atom stereocenters. The SMILES string of the molecule is C=CCNS(=O)(=O)Cc1ccc(NC(=O)C2=NN(c3cc(C)ccc3C)C(=O)CC2)cc1. The average Bonchev–Trinajstić information content (AvgIpc) is 2.75. The van der Waals surface area contributed by atoms with E-state index in [1.807, 2.05) is 32.0 Å². The summed E-state index contributed by atoms with van der Waals surface area (Å²) in [4.78, 5) is 25.2. The summed E-state index contributed by atoms with van der Waals surface area (Å²) in [7, 11) is -3.46. The fourth-order valence-electron chi connectivity index (χ4n) is 3.20. The zero-order valence-corrected chi connectivity index (χ0v) is 18.9. The molecule has 1 aliphatic rings. The highest BCUT2D eigenvalue weighted by molar-refractivity contribution is 7.88. The van der Waals surface area contributed by atoms with Crippen molar-refractivity contribution in [2.45, 2.75) is 32.4 Å². The Morgan fingerprint density at radius 3 is 2.56 bits per heavy atom. The Kier molecular flexibility index (Phi) is 7.22. The molecular formula is C23H26N4O4S. The molecule has 8 nitrogen and oxygen atoms in total. The molecule has 2 amide bonds. The van der Waals surface area contributed by atoms with Crippen molar-refractivity contribution in [1.82, 2.24) is 4.72 Å². The van der Waals surface area contributed by atoms with Gasteiger partial charge in [0.2, 0.25) is 15.9 Å². The first kappa shape index (κ1) is 23.4. The van der Waals surface area contributed by atoms with Crippen LogP contribution in [0.3, 0.4) is 0 Å². The third-order valence-corrected chi connectivity index (χ3v) is 6.22. The third-order valence-electron chi connectivity index (χ3n) is 4.90. The molecule has 3 rings (SSSR count). The van der Waals surface area contributed by atoms with E-state index >= 15 is 0 Å². The van der Waals surface area contributed by atoms with Crippen LogP contribution in [0.4, 0.5) is 11.4 Å². The maximum Gasteiger partial charge on any atom is 0.271 e. The van der Waals surface area contributed by atoms with Crippen LogP contribution < -0.4 is 15.0 Å². The van der Waals surface area contributed by atoms with Crippen molar-refractivity contribution in [2.75, 3.05) is 16.9 Å². The number of nitrogens with one attached hydrogen (secondary N) is 2. The van der Waals surface area contributed by atoms with Crippen LogP contribution in [-0.2, 0) is 25.4 Å². The Labute approximate surface area is 188 Å². The number of aryl methyl sites for hydroxylation is 2. The molecule has 1 aliphatic heterocycles. The van der Waals surface area contributed by atoms with Gasteiger partial charge >= 0.3 is 0 Å². The van der Waals surface area contributed by atoms with E-state index in [4.69, 9.17) is 0 Å². The minimum Gasteiger partial charge on any atom is -0.321 e. The quantitative estimate of drug-likeness (QED) is 0.598. The van der Waals surface area contributed by atoms with Crippen molar-refractivity contribution in [3.8, 4) is 0 Å². The fraction of sp³-hybridized carbons (Fsp3) is 0.261. The average molecular weight is 455 g/mol. The number of rotatable bonds is 8. The molecule has 0 radical (unpaired) electrons. The van der Waals surface area contributed by atoms with Crippen LogP contribution >= 0.6 is 0 Å². The molecule has 0 aromatic heterocycles. The molecule has 0 aliphatic carbocycles. The second kappa shape index (κ2) is 9.88. The smallest absolute Gasteiger partial charge is 0.271 e. The van der Waals surface area contributed by atoms with Crippen molar-refractivity contribution >= 4 is 38.9 Å². The number of carbonyl (C=O) groups is 2. The van der Waals surface area contributed by atoms with Crippen LogP contribution in [0.25, 0.3) is 0 Å². The lowest BCUT2D eigenvalue weighted by Crippen LogP contribution is -2.36. The number of nitrogens with zero attached hydrogens (tertiary/aromatic N) is 2. The highest BCUT2D eigenvalue weighted by Crippen LogP contribution is 2.25. The van der Waals surface area contributed by atoms with Crippen LogP contribution in [0.15, 0.2) is 60.2 Å². The Hall–Kier alpha value is -3.30. The normalized spacial score (nSPS) is 14.1. The molecule has 32 heavy (non-hydrogen) atoms. The van der Waals surface area contributed by atoms with Crippen molar-refractivity contribution in [3.05, 3.63) is 71.8 Å². The van der Waals surface area contributed by atoms with Crippen LogP contribution in [-0.4, -0.2) is 32.5 Å². The lowest BCUT2D eigenvalue weighted by atomic mass is 10.1. The molecule has 0 spiro atoms. The number of hydrogen-bond donors (Lipinski definition) is 2. The highest BCUT2D eigenvalue weighted by Gasteiger charge is 2.26. The predicted octanol–water partition coefficient (Wildman–Crippen LogP) is 3.03. The number of benzene rings is 2. The van der Waals surface area contributed by atoms with E-state index in [0.29, 0.717) is 16.9 Å². The van der Waals surface area contributed by atoms with E-state index < -0.39 is 15.9 Å². The van der Waals surface area contributed by atoms with E-state index in [-0.39, 0.29) is 36.8 Å². The van der Waals surface area contributed by atoms with Gasteiger partial charge in [-0.25, -0.2) is 18.1 Å². The van der Waals surface area contributed by atoms with E-state index in [1.54, 1.807) is 24.3 Å². The van der Waals surface area contributed by atoms with Gasteiger partial charge in [0.05, 0.1) is 11.4 Å². The van der Waals surface area contributed by atoms with Gasteiger partial charge < -0.3 is 5.32 Å². The van der Waals surface area contributed by atoms with Crippen LogP contribution in [0.5, 0.6) is 0 Å². The minimum absolute atomic E-state index is 0.161. The molecule has 1 heterocycles. The molecule has 9 heteroatoms. The number of hydrazone groups is 1. The molecular weight excluding hydrogens is 428 g/mol. The van der Waals surface area contributed by atoms with Gasteiger partial charge in [-0.15, -0.1) is 6.58 Å². The Morgan fingerprint density at radius 1 is 1.16 bits per heavy atom. The van der Waals surface area contributed by atoms with Crippen molar-refractivity contribution in [2.24, 2.45) is 5.10 Å². The first-order valence-corrected chi connectivity index (χ1v) is 11.8. The van der Waals surface area contributed by atoms with Gasteiger partial charge in [0.25, 0.3) is 5.91 Å². The molecule has 168 valence electrons. The second-order valence-corrected chi connectivity index (χ2v) is 9.40. The summed E-state index contributed by atoms with van der Waals surface area (Å²) in [6, 6.07) is 12.3. The Bertz CT molecular complexity index is 1170. The number of anilines is 2. The van der Waals surface area contributed by atoms with Crippen LogP contribution in [0, 0.1) is 13.8 Å². The van der Waals surface area contributed by atoms with Gasteiger partial charge in [-0.1, -0.05) is 30.3 Å². The lowest BCUT2D eigenvalue weighted by Gasteiger charge is -2.24. The van der Waals surface area contributed by atoms with Gasteiger partial charge in [-0.3, -0.25) is 9.59 Å². The van der Waals surface area contributed by atoms with Gasteiger partial charge in [0.1, 0.15) is 5.71 Å². The number of sulfonamides is 1. The first-order valence-electron chi connectivity index (χ1n) is 10.1. The molecule has 2 N–H and O–H groups in total. The van der Waals surface area contributed by atoms with Gasteiger partial charge in [-0.2, -0.15) is 5.10 Å². The van der Waals surface area contributed by atoms with Crippen LogP contribution in [0.2, 0.25) is 0 Å². The lowest BCUT2D eigenvalue weighted by molar-refractivity contribution is -0.118. The summed E-state index contributed by atoms with van der Waals surface area (Å²) in [5.74, 6) is -0.735. The number of carbonyl (C=O) groups excluding carboxylic acids is 2. The third kappa shape index (κ3) is 5.89. The fourth-order valence-corrected chi connectivity index (χ4v) is 4.30. The number of amides is 2. The summed E-state index contributed by atoms with van der Waals surface area (Å²) >= 11 is 0. The van der Waals surface area contributed by atoms with E-state index in [1.165, 1.54) is 11.1 Å². The molecule has 0 fully saturated rings. The molecule has 0 bridgehead atoms. The standard InChI is InChI=1S/C23H26N4O4S/c1-4-13-24-32(30,31)15-18-7-9-19(10-8-18)25-23(29)20-11-12-22(28)27(26-20)21-14-16(2)5-6-17(21)3/h4-10,14,24H,1,11-13,15H2,2-3H3,(H,25,29). The summed E-state index contributed by atoms with van der Waals surface area (Å²) in [5, 5.41) is 8.38. The summed E-state index contributed by atoms with van der Waals surface area (Å²) < 4.78 is 26.4. The predicted molar refractivity (Wildman–Crippen MR) is 126 cm³/mol. The zero-order chi connectivity index (χ0) is 23.3. The monoisotopic (exact) mass is 454 g/mol. The van der Waals surface area contributed by atoms with Crippen molar-refractivity contribution < 1.29 is 18.0 Å². The molecule has 2 aromatic carbocycles. The second-order valence-electron chi connectivity index (χ2n) is 7.59. The van der Waals surface area contributed by atoms with E-state index in [9.17, 15) is 18.0 Å². The van der Waals surface area contributed by atoms with Crippen molar-refractivity contribution in [3.63, 3.8) is 0 Å². The van der Waals surface area contributed by atoms with E-state index in [2.05, 4.69) is 21.7 Å². The van der Waals surface area contributed by atoms with Gasteiger partial charge in [0, 0.05) is 25.1 Å². The first-order chi connectivity index (χ1) is 15.2. The summed E-state index contributed by atoms with van der Waals surface area (Å²) in [6.45, 7) is 7.47. The zero-order valence-electron chi connectivity index (χ0n) is 18.1. The van der Waals surface area contributed by atoms with Gasteiger partial charge in [-0.05, 0) is 48.7 Å². The topological polar surface area (TPSA) is 108 Å². The summed E-state index contributed by atoms with van der Waals surface area (Å²) in [6.07, 6.45) is 1.91. The highest BCUT2D eigenvalue weighted by atomic mass is 32.2. The van der Waals surface area contributed by atoms with Crippen LogP contribution in [0.1, 0.15) is 29.5 Å². The Morgan fingerprint density at radius 2 is 1.88 bits per heavy atom. The Balaban J connectivity index is 1.71. The minimum atomic E-state index is -3.46. The molecule has 0 saturated carbocycles. The number of hydrogen-bond acceptors (Lipinski definition) is 5. The van der Waals surface area contributed by atoms with E-state index in [0.717, 1.165) is 11.1 Å². The maximum absolute atomic E-state index is 12.7. The van der Waals surface area contributed by atoms with Gasteiger partial charge in [0.15, 0.2) is 0 Å². The maximum atomic E-state index is 12.7. The molecule has 2 aromatic rings. The summed E-state index contributed by atoms with van der Waals surface area (Å²) in [5.41, 5.74) is 3.89. The molecule has 0 atom stereocenters. The molecule has 0 saturated heterocycles. The largest absolute Gasteiger partial charge is 0.321 e. The van der Waals surface area contributed by atoms with Crippen molar-refractivity contribution in [1.29, 1.82) is 0 Å².